The van der Waals surface area contributed by atoms with Crippen molar-refractivity contribution in [3.05, 3.63) is 46.2 Å². The van der Waals surface area contributed by atoms with Gasteiger partial charge in [0.2, 0.25) is 5.89 Å². The molecule has 1 N–H and O–H groups in total. The van der Waals surface area contributed by atoms with Gasteiger partial charge in [0, 0.05) is 24.2 Å². The maximum atomic E-state index is 10.9. The first kappa shape index (κ1) is 14.8. The van der Waals surface area contributed by atoms with Gasteiger partial charge in [-0.2, -0.15) is 0 Å². The second-order valence-electron chi connectivity index (χ2n) is 4.30. The van der Waals surface area contributed by atoms with Crippen molar-refractivity contribution in [2.24, 2.45) is 0 Å². The first-order chi connectivity index (χ1) is 10.1. The fourth-order valence-electron chi connectivity index (χ4n) is 1.82. The van der Waals surface area contributed by atoms with E-state index in [1.807, 2.05) is 6.92 Å². The van der Waals surface area contributed by atoms with E-state index in [0.29, 0.717) is 24.7 Å². The molecule has 0 spiro atoms. The van der Waals surface area contributed by atoms with Gasteiger partial charge in [-0.05, 0) is 13.0 Å². The Morgan fingerprint density at radius 2 is 2.24 bits per heavy atom. The summed E-state index contributed by atoms with van der Waals surface area (Å²) in [5.74, 6) is 1.64. The van der Waals surface area contributed by atoms with Gasteiger partial charge < -0.3 is 14.5 Å². The molecule has 0 amide bonds. The van der Waals surface area contributed by atoms with Crippen molar-refractivity contribution < 1.29 is 14.1 Å². The van der Waals surface area contributed by atoms with Gasteiger partial charge in [-0.25, -0.2) is 4.98 Å². The molecule has 1 aromatic carbocycles. The number of nitrogens with zero attached hydrogens (tertiary/aromatic N) is 2. The Hall–Kier alpha value is -2.57. The van der Waals surface area contributed by atoms with Crippen LogP contribution in [0.3, 0.4) is 0 Å². The van der Waals surface area contributed by atoms with Crippen LogP contribution in [0.15, 0.2) is 28.8 Å². The van der Waals surface area contributed by atoms with Gasteiger partial charge >= 0.3 is 5.69 Å². The lowest BCUT2D eigenvalue weighted by molar-refractivity contribution is -0.385. The second kappa shape index (κ2) is 6.74. The molecule has 2 aromatic rings. The SMILES string of the molecule is CCOc1cc(NCc2ncc(CC)o2)ccc1[N+](=O)[O-]. The molecule has 7 heteroatoms. The van der Waals surface area contributed by atoms with Gasteiger partial charge in [-0.1, -0.05) is 6.92 Å². The highest BCUT2D eigenvalue weighted by Crippen LogP contribution is 2.30. The molecule has 0 bridgehead atoms. The number of oxazole rings is 1. The Bertz CT molecular complexity index is 624. The van der Waals surface area contributed by atoms with Crippen molar-refractivity contribution in [3.63, 3.8) is 0 Å². The number of ether oxygens (including phenoxy) is 1. The number of nitrogens with one attached hydrogen (secondary N) is 1. The van der Waals surface area contributed by atoms with Gasteiger partial charge in [0.25, 0.3) is 0 Å². The van der Waals surface area contributed by atoms with Gasteiger partial charge in [0.05, 0.1) is 24.3 Å². The highest BCUT2D eigenvalue weighted by Gasteiger charge is 2.15. The Morgan fingerprint density at radius 3 is 2.86 bits per heavy atom. The standard InChI is InChI=1S/C14H17N3O4/c1-3-11-8-16-14(21-11)9-15-10-5-6-12(17(18)19)13(7-10)20-4-2/h5-8,15H,3-4,9H2,1-2H3. The van der Waals surface area contributed by atoms with Gasteiger partial charge in [-0.15, -0.1) is 0 Å². The van der Waals surface area contributed by atoms with Crippen LogP contribution in [-0.2, 0) is 13.0 Å². The Labute approximate surface area is 122 Å². The molecule has 0 aliphatic carbocycles. The van der Waals surface area contributed by atoms with E-state index in [2.05, 4.69) is 10.3 Å². The Morgan fingerprint density at radius 1 is 1.43 bits per heavy atom. The number of rotatable bonds is 7. The van der Waals surface area contributed by atoms with E-state index in [9.17, 15) is 10.1 Å². The van der Waals surface area contributed by atoms with Crippen LogP contribution < -0.4 is 10.1 Å². The quantitative estimate of drug-likeness (QED) is 0.622. The predicted molar refractivity (Wildman–Crippen MR) is 77.5 cm³/mol. The topological polar surface area (TPSA) is 90.4 Å². The van der Waals surface area contributed by atoms with Crippen molar-refractivity contribution in [2.75, 3.05) is 11.9 Å². The monoisotopic (exact) mass is 291 g/mol. The summed E-state index contributed by atoms with van der Waals surface area (Å²) >= 11 is 0. The van der Waals surface area contributed by atoms with Crippen molar-refractivity contribution in [1.29, 1.82) is 0 Å². The lowest BCUT2D eigenvalue weighted by Gasteiger charge is -2.08. The lowest BCUT2D eigenvalue weighted by Crippen LogP contribution is -2.02. The number of nitro benzene ring substituents is 1. The molecule has 0 radical (unpaired) electrons. The molecular formula is C14H17N3O4. The molecule has 0 fully saturated rings. The fourth-order valence-corrected chi connectivity index (χ4v) is 1.82. The number of hydrogen-bond donors (Lipinski definition) is 1. The molecule has 2 rings (SSSR count). The van der Waals surface area contributed by atoms with Crippen LogP contribution in [0, 0.1) is 10.1 Å². The lowest BCUT2D eigenvalue weighted by atomic mass is 10.2. The number of hydrogen-bond acceptors (Lipinski definition) is 6. The highest BCUT2D eigenvalue weighted by molar-refractivity contribution is 5.57. The summed E-state index contributed by atoms with van der Waals surface area (Å²) in [7, 11) is 0. The molecule has 0 saturated heterocycles. The molecule has 7 nitrogen and oxygen atoms in total. The van der Waals surface area contributed by atoms with E-state index in [-0.39, 0.29) is 11.4 Å². The number of anilines is 1. The molecule has 112 valence electrons. The van der Waals surface area contributed by atoms with Crippen molar-refractivity contribution in [1.82, 2.24) is 4.98 Å². The highest BCUT2D eigenvalue weighted by atomic mass is 16.6. The minimum absolute atomic E-state index is 0.0493. The van der Waals surface area contributed by atoms with E-state index >= 15 is 0 Å². The molecule has 0 saturated carbocycles. The average molecular weight is 291 g/mol. The predicted octanol–water partition coefficient (Wildman–Crippen LogP) is 3.16. The van der Waals surface area contributed by atoms with E-state index in [1.54, 1.807) is 25.3 Å². The normalized spacial score (nSPS) is 10.4. The Balaban J connectivity index is 2.09. The molecule has 21 heavy (non-hydrogen) atoms. The summed E-state index contributed by atoms with van der Waals surface area (Å²) in [6.07, 6.45) is 2.48. The summed E-state index contributed by atoms with van der Waals surface area (Å²) < 4.78 is 10.8. The molecule has 0 atom stereocenters. The zero-order valence-corrected chi connectivity index (χ0v) is 12.0. The third-order valence-corrected chi connectivity index (χ3v) is 2.85. The van der Waals surface area contributed by atoms with Crippen LogP contribution in [0.4, 0.5) is 11.4 Å². The van der Waals surface area contributed by atoms with Crippen molar-refractivity contribution in [2.45, 2.75) is 26.8 Å². The average Bonchev–Trinajstić information content (AvgIpc) is 2.93. The third kappa shape index (κ3) is 3.71. The summed E-state index contributed by atoms with van der Waals surface area (Å²) in [6.45, 7) is 4.54. The van der Waals surface area contributed by atoms with Crippen LogP contribution in [0.2, 0.25) is 0 Å². The number of aryl methyl sites for hydroxylation is 1. The minimum atomic E-state index is -0.462. The van der Waals surface area contributed by atoms with Crippen LogP contribution in [0.1, 0.15) is 25.5 Å². The Kier molecular flexibility index (Phi) is 4.76. The summed E-state index contributed by atoms with van der Waals surface area (Å²) in [5, 5.41) is 14.0. The zero-order chi connectivity index (χ0) is 15.2. The van der Waals surface area contributed by atoms with E-state index < -0.39 is 4.92 Å². The van der Waals surface area contributed by atoms with Crippen LogP contribution in [0.5, 0.6) is 5.75 Å². The molecule has 1 aromatic heterocycles. The maximum absolute atomic E-state index is 10.9. The fraction of sp³-hybridized carbons (Fsp3) is 0.357. The summed E-state index contributed by atoms with van der Waals surface area (Å²) in [6, 6.07) is 4.65. The van der Waals surface area contributed by atoms with Crippen molar-refractivity contribution in [3.8, 4) is 5.75 Å². The van der Waals surface area contributed by atoms with E-state index in [0.717, 1.165) is 12.2 Å². The van der Waals surface area contributed by atoms with Crippen LogP contribution in [0.25, 0.3) is 0 Å². The first-order valence-corrected chi connectivity index (χ1v) is 6.72. The van der Waals surface area contributed by atoms with Gasteiger partial charge in [0.15, 0.2) is 5.75 Å². The second-order valence-corrected chi connectivity index (χ2v) is 4.30. The van der Waals surface area contributed by atoms with Gasteiger partial charge in [0.1, 0.15) is 5.76 Å². The first-order valence-electron chi connectivity index (χ1n) is 6.72. The van der Waals surface area contributed by atoms with E-state index in [1.165, 1.54) is 6.07 Å². The summed E-state index contributed by atoms with van der Waals surface area (Å²) in [4.78, 5) is 14.6. The number of nitro groups is 1. The third-order valence-electron chi connectivity index (χ3n) is 2.85. The number of benzene rings is 1. The van der Waals surface area contributed by atoms with Gasteiger partial charge in [-0.3, -0.25) is 10.1 Å². The minimum Gasteiger partial charge on any atom is -0.487 e. The number of aromatic nitrogens is 1. The smallest absolute Gasteiger partial charge is 0.311 e. The maximum Gasteiger partial charge on any atom is 0.311 e. The molecule has 0 aliphatic heterocycles. The summed E-state index contributed by atoms with van der Waals surface area (Å²) in [5.41, 5.74) is 0.659. The van der Waals surface area contributed by atoms with E-state index in [4.69, 9.17) is 9.15 Å². The largest absolute Gasteiger partial charge is 0.487 e. The van der Waals surface area contributed by atoms with Crippen molar-refractivity contribution >= 4 is 11.4 Å². The van der Waals surface area contributed by atoms with Crippen LogP contribution >= 0.6 is 0 Å². The van der Waals surface area contributed by atoms with Crippen LogP contribution in [-0.4, -0.2) is 16.5 Å². The molecule has 0 unspecified atom stereocenters. The zero-order valence-electron chi connectivity index (χ0n) is 12.0. The molecule has 0 aliphatic rings. The molecular weight excluding hydrogens is 274 g/mol. The molecule has 1 heterocycles.